The fourth-order valence-electron chi connectivity index (χ4n) is 1.99. The smallest absolute Gasteiger partial charge is 0.179 e. The summed E-state index contributed by atoms with van der Waals surface area (Å²) in [4.78, 5) is 16.5. The molecule has 0 saturated carbocycles. The van der Waals surface area contributed by atoms with Gasteiger partial charge in [-0.05, 0) is 30.7 Å². The van der Waals surface area contributed by atoms with E-state index in [-0.39, 0.29) is 0 Å². The first-order chi connectivity index (χ1) is 9.35. The average molecular weight is 253 g/mol. The van der Waals surface area contributed by atoms with Crippen molar-refractivity contribution in [3.05, 3.63) is 48.0 Å². The van der Waals surface area contributed by atoms with Gasteiger partial charge in [0.2, 0.25) is 0 Å². The molecule has 5 heteroatoms. The molecular weight excluding hydrogens is 238 g/mol. The largest absolute Gasteiger partial charge is 0.373 e. The van der Waals surface area contributed by atoms with Gasteiger partial charge in [-0.25, -0.2) is 9.97 Å². The molecule has 0 spiro atoms. The molecule has 3 aromatic rings. The van der Waals surface area contributed by atoms with Crippen LogP contribution in [0.3, 0.4) is 0 Å². The van der Waals surface area contributed by atoms with Gasteiger partial charge >= 0.3 is 0 Å². The van der Waals surface area contributed by atoms with Crippen molar-refractivity contribution in [1.29, 1.82) is 0 Å². The highest BCUT2D eigenvalue weighted by Crippen LogP contribution is 2.13. The van der Waals surface area contributed by atoms with Crippen molar-refractivity contribution in [2.75, 3.05) is 12.4 Å². The van der Waals surface area contributed by atoms with E-state index in [1.807, 2.05) is 43.6 Å². The lowest BCUT2D eigenvalue weighted by Crippen LogP contribution is -1.95. The minimum Gasteiger partial charge on any atom is -0.373 e. The lowest BCUT2D eigenvalue weighted by molar-refractivity contribution is 0.860. The number of rotatable bonds is 4. The Balaban J connectivity index is 1.78. The second-order valence-corrected chi connectivity index (χ2v) is 4.32. The zero-order valence-electron chi connectivity index (χ0n) is 10.7. The van der Waals surface area contributed by atoms with Crippen LogP contribution in [0.15, 0.2) is 36.5 Å². The molecule has 0 atom stereocenters. The number of aryl methyl sites for hydroxylation is 2. The number of pyridine rings is 2. The summed E-state index contributed by atoms with van der Waals surface area (Å²) >= 11 is 0. The molecule has 0 unspecified atom stereocenters. The number of aromatic amines is 1. The summed E-state index contributed by atoms with van der Waals surface area (Å²) in [6.45, 7) is 0. The van der Waals surface area contributed by atoms with Crippen LogP contribution in [0.2, 0.25) is 0 Å². The van der Waals surface area contributed by atoms with Gasteiger partial charge in [-0.1, -0.05) is 6.07 Å². The maximum absolute atomic E-state index is 4.50. The van der Waals surface area contributed by atoms with Crippen LogP contribution in [0.1, 0.15) is 11.5 Å². The Kier molecular flexibility index (Phi) is 3.10. The van der Waals surface area contributed by atoms with E-state index in [1.165, 1.54) is 0 Å². The fraction of sp³-hybridized carbons (Fsp3) is 0.214. The van der Waals surface area contributed by atoms with Gasteiger partial charge in [-0.15, -0.1) is 0 Å². The molecule has 3 aromatic heterocycles. The lowest BCUT2D eigenvalue weighted by Gasteiger charge is -1.96. The third-order valence-electron chi connectivity index (χ3n) is 3.00. The van der Waals surface area contributed by atoms with Crippen molar-refractivity contribution in [2.24, 2.45) is 0 Å². The molecule has 0 aliphatic carbocycles. The van der Waals surface area contributed by atoms with Crippen molar-refractivity contribution in [3.8, 4) is 0 Å². The van der Waals surface area contributed by atoms with Gasteiger partial charge in [0.1, 0.15) is 11.6 Å². The molecule has 0 saturated heterocycles. The molecule has 0 amide bonds. The molecule has 0 fully saturated rings. The molecule has 0 bridgehead atoms. The SMILES string of the molecule is CNc1ccc2[nH]c(CCc3ccccn3)nc2n1. The minimum absolute atomic E-state index is 0.753. The Labute approximate surface area is 111 Å². The van der Waals surface area contributed by atoms with E-state index in [1.54, 1.807) is 0 Å². The quantitative estimate of drug-likeness (QED) is 0.748. The zero-order chi connectivity index (χ0) is 13.1. The van der Waals surface area contributed by atoms with Gasteiger partial charge in [0.25, 0.3) is 0 Å². The summed E-state index contributed by atoms with van der Waals surface area (Å²) in [6, 6.07) is 9.88. The van der Waals surface area contributed by atoms with Gasteiger partial charge < -0.3 is 10.3 Å². The number of anilines is 1. The molecule has 2 N–H and O–H groups in total. The number of hydrogen-bond acceptors (Lipinski definition) is 4. The maximum atomic E-state index is 4.50. The van der Waals surface area contributed by atoms with Crippen LogP contribution >= 0.6 is 0 Å². The van der Waals surface area contributed by atoms with Crippen LogP contribution in [0, 0.1) is 0 Å². The van der Waals surface area contributed by atoms with Gasteiger partial charge in [-0.3, -0.25) is 4.98 Å². The van der Waals surface area contributed by atoms with E-state index in [2.05, 4.69) is 25.3 Å². The fourth-order valence-corrected chi connectivity index (χ4v) is 1.99. The highest BCUT2D eigenvalue weighted by Gasteiger charge is 2.05. The first kappa shape index (κ1) is 11.6. The van der Waals surface area contributed by atoms with Gasteiger partial charge in [0.15, 0.2) is 5.65 Å². The highest BCUT2D eigenvalue weighted by atomic mass is 15.0. The van der Waals surface area contributed by atoms with E-state index < -0.39 is 0 Å². The van der Waals surface area contributed by atoms with Gasteiger partial charge in [0, 0.05) is 25.4 Å². The van der Waals surface area contributed by atoms with Crippen LogP contribution in [0.5, 0.6) is 0 Å². The monoisotopic (exact) mass is 253 g/mol. The summed E-state index contributed by atoms with van der Waals surface area (Å²) in [6.07, 6.45) is 3.52. The minimum atomic E-state index is 0.753. The summed E-state index contributed by atoms with van der Waals surface area (Å²) in [5.74, 6) is 1.77. The van der Waals surface area contributed by atoms with Crippen molar-refractivity contribution < 1.29 is 0 Å². The van der Waals surface area contributed by atoms with Crippen molar-refractivity contribution in [2.45, 2.75) is 12.8 Å². The van der Waals surface area contributed by atoms with Crippen LogP contribution in [0.4, 0.5) is 5.82 Å². The Morgan fingerprint density at radius 2 is 2.05 bits per heavy atom. The molecule has 5 nitrogen and oxygen atoms in total. The average Bonchev–Trinajstić information content (AvgIpc) is 2.88. The summed E-state index contributed by atoms with van der Waals surface area (Å²) < 4.78 is 0. The number of imidazole rings is 1. The predicted molar refractivity (Wildman–Crippen MR) is 75.1 cm³/mol. The van der Waals surface area contributed by atoms with Crippen molar-refractivity contribution in [3.63, 3.8) is 0 Å². The third-order valence-corrected chi connectivity index (χ3v) is 3.00. The van der Waals surface area contributed by atoms with E-state index in [4.69, 9.17) is 0 Å². The van der Waals surface area contributed by atoms with E-state index >= 15 is 0 Å². The summed E-state index contributed by atoms with van der Waals surface area (Å²) in [5, 5.41) is 3.01. The van der Waals surface area contributed by atoms with Crippen LogP contribution in [-0.4, -0.2) is 27.0 Å². The number of hydrogen-bond donors (Lipinski definition) is 2. The Morgan fingerprint density at radius 1 is 1.11 bits per heavy atom. The number of H-pyrrole nitrogens is 1. The molecule has 3 heterocycles. The second kappa shape index (κ2) is 5.06. The standard InChI is InChI=1S/C14H15N5/c1-15-12-8-6-11-14(18-12)19-13(17-11)7-5-10-4-2-3-9-16-10/h2-4,6,8-9H,5,7H2,1H3,(H2,15,17,18,19). The topological polar surface area (TPSA) is 66.5 Å². The number of aromatic nitrogens is 4. The molecular formula is C14H15N5. The molecule has 0 aliphatic heterocycles. The van der Waals surface area contributed by atoms with Crippen LogP contribution < -0.4 is 5.32 Å². The molecule has 0 radical (unpaired) electrons. The van der Waals surface area contributed by atoms with Crippen molar-refractivity contribution in [1.82, 2.24) is 19.9 Å². The van der Waals surface area contributed by atoms with Gasteiger partial charge in [-0.2, -0.15) is 0 Å². The molecule has 19 heavy (non-hydrogen) atoms. The highest BCUT2D eigenvalue weighted by molar-refractivity contribution is 5.72. The third kappa shape index (κ3) is 2.54. The molecule has 96 valence electrons. The number of nitrogens with one attached hydrogen (secondary N) is 2. The Bertz CT molecular complexity index is 675. The first-order valence-electron chi connectivity index (χ1n) is 6.28. The number of fused-ring (bicyclic) bond motifs is 1. The molecule has 3 rings (SSSR count). The number of nitrogens with zero attached hydrogens (tertiary/aromatic N) is 3. The summed E-state index contributed by atoms with van der Waals surface area (Å²) in [5.41, 5.74) is 2.80. The van der Waals surface area contributed by atoms with E-state index in [0.717, 1.165) is 41.3 Å². The normalized spacial score (nSPS) is 10.8. The van der Waals surface area contributed by atoms with Gasteiger partial charge in [0.05, 0.1) is 5.52 Å². The van der Waals surface area contributed by atoms with Crippen LogP contribution in [0.25, 0.3) is 11.2 Å². The molecule has 0 aliphatic rings. The first-order valence-corrected chi connectivity index (χ1v) is 6.28. The van der Waals surface area contributed by atoms with E-state index in [0.29, 0.717) is 0 Å². The van der Waals surface area contributed by atoms with Crippen LogP contribution in [-0.2, 0) is 12.8 Å². The lowest BCUT2D eigenvalue weighted by atomic mass is 10.2. The maximum Gasteiger partial charge on any atom is 0.179 e. The Hall–Kier alpha value is -2.43. The van der Waals surface area contributed by atoms with Crippen molar-refractivity contribution >= 4 is 17.0 Å². The van der Waals surface area contributed by atoms with E-state index in [9.17, 15) is 0 Å². The molecule has 0 aromatic carbocycles. The second-order valence-electron chi connectivity index (χ2n) is 4.32. The zero-order valence-corrected chi connectivity index (χ0v) is 10.7. The Morgan fingerprint density at radius 3 is 2.84 bits per heavy atom. The summed E-state index contributed by atoms with van der Waals surface area (Å²) in [7, 11) is 1.85. The predicted octanol–water partition coefficient (Wildman–Crippen LogP) is 2.18.